The van der Waals surface area contributed by atoms with Crippen LogP contribution in [0.2, 0.25) is 0 Å². The van der Waals surface area contributed by atoms with Crippen LogP contribution >= 0.6 is 12.4 Å². The summed E-state index contributed by atoms with van der Waals surface area (Å²) in [5, 5.41) is 6.33. The van der Waals surface area contributed by atoms with E-state index in [4.69, 9.17) is 9.47 Å². The van der Waals surface area contributed by atoms with Gasteiger partial charge in [-0.1, -0.05) is 17.7 Å². The minimum absolute atomic E-state index is 0. The predicted molar refractivity (Wildman–Crippen MR) is 97.9 cm³/mol. The van der Waals surface area contributed by atoms with Crippen LogP contribution in [0.4, 0.5) is 0 Å². The molecule has 0 spiro atoms. The van der Waals surface area contributed by atoms with E-state index in [0.717, 1.165) is 31.7 Å². The summed E-state index contributed by atoms with van der Waals surface area (Å²) in [6.07, 6.45) is 1.53. The van der Waals surface area contributed by atoms with Crippen molar-refractivity contribution in [2.45, 2.75) is 32.8 Å². The van der Waals surface area contributed by atoms with Gasteiger partial charge in [0.15, 0.2) is 0 Å². The van der Waals surface area contributed by atoms with E-state index < -0.39 is 5.41 Å². The minimum atomic E-state index is -0.413. The predicted octanol–water partition coefficient (Wildman–Crippen LogP) is 2.32. The monoisotopic (exact) mass is 356 g/mol. The third-order valence-corrected chi connectivity index (χ3v) is 4.37. The summed E-state index contributed by atoms with van der Waals surface area (Å²) in [6.45, 7) is 6.67. The van der Waals surface area contributed by atoms with Gasteiger partial charge >= 0.3 is 0 Å². The summed E-state index contributed by atoms with van der Waals surface area (Å²) in [6, 6.07) is 7.94. The van der Waals surface area contributed by atoms with Crippen molar-refractivity contribution < 1.29 is 14.3 Å². The third kappa shape index (κ3) is 5.65. The fourth-order valence-corrected chi connectivity index (χ4v) is 2.93. The molecule has 2 rings (SSSR count). The highest BCUT2D eigenvalue weighted by molar-refractivity contribution is 5.85. The quantitative estimate of drug-likeness (QED) is 0.787. The number of halogens is 1. The molecule has 6 heteroatoms. The van der Waals surface area contributed by atoms with Gasteiger partial charge in [0, 0.05) is 7.11 Å². The van der Waals surface area contributed by atoms with Crippen molar-refractivity contribution in [3.05, 3.63) is 29.8 Å². The van der Waals surface area contributed by atoms with Gasteiger partial charge in [-0.3, -0.25) is 4.79 Å². The standard InChI is InChI=1S/C18H28N2O3.ClH/c1-14-4-6-16(7-5-14)23-15(2)12-20-17(21)18(13-22-3)8-10-19-11-9-18;/h4-7,15,19H,8-13H2,1-3H3,(H,20,21);1H. The molecule has 1 fully saturated rings. The first-order valence-corrected chi connectivity index (χ1v) is 8.27. The van der Waals surface area contributed by atoms with E-state index in [9.17, 15) is 4.79 Å². The van der Waals surface area contributed by atoms with Crippen LogP contribution < -0.4 is 15.4 Å². The van der Waals surface area contributed by atoms with Gasteiger partial charge in [0.05, 0.1) is 18.6 Å². The average Bonchev–Trinajstić information content (AvgIpc) is 2.56. The number of methoxy groups -OCH3 is 1. The summed E-state index contributed by atoms with van der Waals surface area (Å²) in [5.74, 6) is 0.894. The number of rotatable bonds is 7. The van der Waals surface area contributed by atoms with E-state index in [2.05, 4.69) is 10.6 Å². The van der Waals surface area contributed by atoms with Crippen LogP contribution in [0, 0.1) is 12.3 Å². The van der Waals surface area contributed by atoms with Gasteiger partial charge in [-0.2, -0.15) is 0 Å². The molecule has 1 aliphatic heterocycles. The Morgan fingerprint density at radius 1 is 1.29 bits per heavy atom. The number of piperidine rings is 1. The maximum atomic E-state index is 12.6. The highest BCUT2D eigenvalue weighted by Gasteiger charge is 2.39. The molecule has 0 radical (unpaired) electrons. The lowest BCUT2D eigenvalue weighted by atomic mass is 9.78. The molecule has 5 nitrogen and oxygen atoms in total. The van der Waals surface area contributed by atoms with Crippen molar-refractivity contribution in [1.82, 2.24) is 10.6 Å². The second-order valence-electron chi connectivity index (χ2n) is 6.41. The Kier molecular flexibility index (Phi) is 8.53. The molecule has 1 aliphatic rings. The van der Waals surface area contributed by atoms with Crippen molar-refractivity contribution >= 4 is 18.3 Å². The first-order chi connectivity index (χ1) is 11.1. The van der Waals surface area contributed by atoms with Crippen LogP contribution in [0.5, 0.6) is 5.75 Å². The molecule has 0 bridgehead atoms. The number of carbonyl (C=O) groups is 1. The van der Waals surface area contributed by atoms with Crippen molar-refractivity contribution in [3.63, 3.8) is 0 Å². The third-order valence-electron chi connectivity index (χ3n) is 4.37. The Balaban J connectivity index is 0.00000288. The van der Waals surface area contributed by atoms with E-state index >= 15 is 0 Å². The second-order valence-corrected chi connectivity index (χ2v) is 6.41. The van der Waals surface area contributed by atoms with Gasteiger partial charge in [0.2, 0.25) is 5.91 Å². The molecule has 1 aromatic carbocycles. The zero-order valence-corrected chi connectivity index (χ0v) is 15.6. The zero-order chi connectivity index (χ0) is 16.7. The van der Waals surface area contributed by atoms with Crippen molar-refractivity contribution in [2.75, 3.05) is 33.4 Å². The molecule has 1 aromatic rings. The zero-order valence-electron chi connectivity index (χ0n) is 14.8. The number of hydrogen-bond acceptors (Lipinski definition) is 4. The lowest BCUT2D eigenvalue weighted by Crippen LogP contribution is -2.51. The van der Waals surface area contributed by atoms with Gasteiger partial charge in [-0.05, 0) is 51.9 Å². The van der Waals surface area contributed by atoms with Crippen LogP contribution in [0.25, 0.3) is 0 Å². The molecule has 0 aliphatic carbocycles. The van der Waals surface area contributed by atoms with Gasteiger partial charge in [0.25, 0.3) is 0 Å². The summed E-state index contributed by atoms with van der Waals surface area (Å²) >= 11 is 0. The molecule has 1 atom stereocenters. The molecule has 1 unspecified atom stereocenters. The molecule has 24 heavy (non-hydrogen) atoms. The lowest BCUT2D eigenvalue weighted by molar-refractivity contribution is -0.136. The molecule has 1 amide bonds. The van der Waals surface area contributed by atoms with Crippen LogP contribution in [0.15, 0.2) is 24.3 Å². The maximum absolute atomic E-state index is 12.6. The van der Waals surface area contributed by atoms with E-state index in [1.165, 1.54) is 5.56 Å². The van der Waals surface area contributed by atoms with Gasteiger partial charge in [0.1, 0.15) is 11.9 Å². The summed E-state index contributed by atoms with van der Waals surface area (Å²) in [4.78, 5) is 12.6. The Labute approximate surface area is 150 Å². The minimum Gasteiger partial charge on any atom is -0.489 e. The van der Waals surface area contributed by atoms with Crippen LogP contribution in [0.3, 0.4) is 0 Å². The van der Waals surface area contributed by atoms with E-state index in [1.54, 1.807) is 7.11 Å². The average molecular weight is 357 g/mol. The largest absolute Gasteiger partial charge is 0.489 e. The number of carbonyl (C=O) groups excluding carboxylic acids is 1. The molecule has 0 saturated carbocycles. The smallest absolute Gasteiger partial charge is 0.228 e. The molecule has 2 N–H and O–H groups in total. The highest BCUT2D eigenvalue weighted by Crippen LogP contribution is 2.29. The van der Waals surface area contributed by atoms with Gasteiger partial charge in [-0.25, -0.2) is 0 Å². The number of aryl methyl sites for hydroxylation is 1. The number of ether oxygens (including phenoxy) is 2. The van der Waals surface area contributed by atoms with Gasteiger partial charge < -0.3 is 20.1 Å². The Bertz CT molecular complexity index is 496. The highest BCUT2D eigenvalue weighted by atomic mass is 35.5. The number of benzene rings is 1. The maximum Gasteiger partial charge on any atom is 0.228 e. The van der Waals surface area contributed by atoms with E-state index in [-0.39, 0.29) is 24.4 Å². The van der Waals surface area contributed by atoms with Crippen LogP contribution in [0.1, 0.15) is 25.3 Å². The first-order valence-electron chi connectivity index (χ1n) is 8.27. The van der Waals surface area contributed by atoms with Gasteiger partial charge in [-0.15, -0.1) is 12.4 Å². The first kappa shape index (κ1) is 20.7. The lowest BCUT2D eigenvalue weighted by Gasteiger charge is -2.35. The fraction of sp³-hybridized carbons (Fsp3) is 0.611. The number of amides is 1. The van der Waals surface area contributed by atoms with Crippen LogP contribution in [-0.2, 0) is 9.53 Å². The van der Waals surface area contributed by atoms with E-state index in [0.29, 0.717) is 13.2 Å². The Morgan fingerprint density at radius 2 is 1.92 bits per heavy atom. The topological polar surface area (TPSA) is 59.6 Å². The molecular formula is C18H29ClN2O3. The van der Waals surface area contributed by atoms with Crippen molar-refractivity contribution in [1.29, 1.82) is 0 Å². The summed E-state index contributed by atoms with van der Waals surface area (Å²) in [5.41, 5.74) is 0.787. The summed E-state index contributed by atoms with van der Waals surface area (Å²) in [7, 11) is 1.65. The second kappa shape index (κ2) is 9.87. The summed E-state index contributed by atoms with van der Waals surface area (Å²) < 4.78 is 11.1. The molecule has 0 aromatic heterocycles. The molecule has 1 saturated heterocycles. The Hall–Kier alpha value is -1.30. The molecule has 1 heterocycles. The van der Waals surface area contributed by atoms with Crippen molar-refractivity contribution in [2.24, 2.45) is 5.41 Å². The number of nitrogens with one attached hydrogen (secondary N) is 2. The number of hydrogen-bond donors (Lipinski definition) is 2. The molecular weight excluding hydrogens is 328 g/mol. The van der Waals surface area contributed by atoms with Crippen LogP contribution in [-0.4, -0.2) is 45.4 Å². The molecule has 136 valence electrons. The normalized spacial score (nSPS) is 17.5. The van der Waals surface area contributed by atoms with Crippen molar-refractivity contribution in [3.8, 4) is 5.75 Å². The fourth-order valence-electron chi connectivity index (χ4n) is 2.93. The SMILES string of the molecule is COCC1(C(=O)NCC(C)Oc2ccc(C)cc2)CCNCC1.Cl. The Morgan fingerprint density at radius 3 is 2.50 bits per heavy atom. The van der Waals surface area contributed by atoms with E-state index in [1.807, 2.05) is 38.1 Å².